The number of nitrogens with one attached hydrogen (secondary N) is 2. The fourth-order valence-electron chi connectivity index (χ4n) is 6.92. The number of esters is 2. The summed E-state index contributed by atoms with van der Waals surface area (Å²) in [6, 6.07) is -1.34. The number of hydrogen-bond acceptors (Lipinski definition) is 10. The van der Waals surface area contributed by atoms with E-state index < -0.39 is 12.1 Å². The van der Waals surface area contributed by atoms with Gasteiger partial charge in [0, 0.05) is 0 Å². The van der Waals surface area contributed by atoms with Crippen LogP contribution in [0.25, 0.3) is 0 Å². The highest BCUT2D eigenvalue weighted by Gasteiger charge is 2.19. The van der Waals surface area contributed by atoms with Gasteiger partial charge in [0.05, 0.1) is 13.2 Å². The van der Waals surface area contributed by atoms with Crippen LogP contribution in [0.5, 0.6) is 0 Å². The minimum Gasteiger partial charge on any atom is -0.464 e. The average Bonchev–Trinajstić information content (AvgIpc) is 3.16. The Morgan fingerprint density at radius 3 is 0.927 bits per heavy atom. The lowest BCUT2D eigenvalue weighted by Gasteiger charge is -2.16. The Balaban J connectivity index is 2.08. The molecule has 0 fully saturated rings. The van der Waals surface area contributed by atoms with Crippen LogP contribution in [-0.4, -0.2) is 52.2 Å². The van der Waals surface area contributed by atoms with E-state index in [1.165, 1.54) is 180 Å². The van der Waals surface area contributed by atoms with E-state index in [1.807, 2.05) is 0 Å². The Hall–Kier alpha value is -2.65. The molecule has 0 saturated heterocycles. The maximum absolute atomic E-state index is 12.6. The first-order valence-corrected chi connectivity index (χ1v) is 23.2. The van der Waals surface area contributed by atoms with Crippen LogP contribution in [-0.2, 0) is 19.1 Å². The summed E-state index contributed by atoms with van der Waals surface area (Å²) in [5, 5.41) is 5.89. The number of carbonyl (C=O) groups excluding carboxylic acids is 2. The molecule has 55 heavy (non-hydrogen) atoms. The van der Waals surface area contributed by atoms with Gasteiger partial charge in [0.2, 0.25) is 17.8 Å². The molecule has 1 heterocycles. The van der Waals surface area contributed by atoms with Crippen molar-refractivity contribution in [2.45, 2.75) is 245 Å². The fraction of sp³-hybridized carbons (Fsp3) is 0.889. The molecular weight excluding hydrogens is 689 g/mol. The number of anilines is 3. The smallest absolute Gasteiger partial charge is 0.328 e. The second-order valence-corrected chi connectivity index (χ2v) is 16.0. The molecule has 0 bridgehead atoms. The molecule has 1 rings (SSSR count). The third kappa shape index (κ3) is 31.2. The van der Waals surface area contributed by atoms with Gasteiger partial charge in [0.25, 0.3) is 0 Å². The molecule has 0 unspecified atom stereocenters. The zero-order valence-corrected chi connectivity index (χ0v) is 36.2. The Kier molecular flexibility index (Phi) is 33.8. The molecule has 0 aliphatic carbocycles. The molecule has 2 atom stereocenters. The second kappa shape index (κ2) is 37.0. The molecule has 4 N–H and O–H groups in total. The first kappa shape index (κ1) is 50.4. The van der Waals surface area contributed by atoms with Gasteiger partial charge >= 0.3 is 11.9 Å². The summed E-state index contributed by atoms with van der Waals surface area (Å²) >= 11 is 0. The van der Waals surface area contributed by atoms with Gasteiger partial charge in [-0.05, 0) is 26.7 Å². The average molecular weight is 775 g/mol. The minimum atomic E-state index is -0.669. The minimum absolute atomic E-state index is 0.0255. The van der Waals surface area contributed by atoms with Crippen LogP contribution >= 0.6 is 0 Å². The predicted molar refractivity (Wildman–Crippen MR) is 231 cm³/mol. The Bertz CT molecular complexity index is 968. The van der Waals surface area contributed by atoms with Crippen molar-refractivity contribution < 1.29 is 19.1 Å². The standard InChI is InChI=1S/C45H86N6O4/c1-5-7-9-11-13-15-17-19-21-23-25-27-29-31-33-35-37-54-41(52)39(3)47-44-49-43(46)50-45(51-44)48-40(4)42(53)55-38-36-34-32-30-28-26-24-22-20-18-16-14-12-10-8-6-2/h39-40H,5-38H2,1-4H3,(H4,46,47,48,49,50,51)/t39-,40-/m1/s1. The molecule has 1 aromatic rings. The highest BCUT2D eigenvalue weighted by Crippen LogP contribution is 2.16. The molecule has 1 aromatic heterocycles. The monoisotopic (exact) mass is 775 g/mol. The summed E-state index contributed by atoms with van der Waals surface area (Å²) in [7, 11) is 0. The number of carbonyl (C=O) groups is 2. The fourth-order valence-corrected chi connectivity index (χ4v) is 6.92. The first-order chi connectivity index (χ1) is 26.9. The quantitative estimate of drug-likeness (QED) is 0.0436. The summed E-state index contributed by atoms with van der Waals surface area (Å²) in [4.78, 5) is 37.6. The van der Waals surface area contributed by atoms with Crippen LogP contribution < -0.4 is 16.4 Å². The van der Waals surface area contributed by atoms with Gasteiger partial charge in [-0.2, -0.15) is 15.0 Å². The van der Waals surface area contributed by atoms with Gasteiger partial charge in [0.1, 0.15) is 12.1 Å². The molecule has 0 aromatic carbocycles. The number of hydrogen-bond donors (Lipinski definition) is 3. The lowest BCUT2D eigenvalue weighted by atomic mass is 10.0. The summed E-state index contributed by atoms with van der Waals surface area (Å²) in [6.07, 6.45) is 41.7. The number of rotatable bonds is 40. The van der Waals surface area contributed by atoms with Crippen molar-refractivity contribution in [1.29, 1.82) is 0 Å². The van der Waals surface area contributed by atoms with Crippen LogP contribution in [0.3, 0.4) is 0 Å². The maximum Gasteiger partial charge on any atom is 0.328 e. The third-order valence-corrected chi connectivity index (χ3v) is 10.5. The Morgan fingerprint density at radius 1 is 0.436 bits per heavy atom. The van der Waals surface area contributed by atoms with E-state index in [4.69, 9.17) is 15.2 Å². The SMILES string of the molecule is CCCCCCCCCCCCCCCCCCOC(=O)[C@@H](C)Nc1nc(N)nc(N[C@H](C)C(=O)OCCCCCCCCCCCCCCCCCC)n1. The first-order valence-electron chi connectivity index (χ1n) is 23.2. The normalized spacial score (nSPS) is 12.4. The van der Waals surface area contributed by atoms with E-state index in [0.717, 1.165) is 25.7 Å². The highest BCUT2D eigenvalue weighted by atomic mass is 16.5. The summed E-state index contributed by atoms with van der Waals surface area (Å²) < 4.78 is 11.0. The Morgan fingerprint density at radius 2 is 0.673 bits per heavy atom. The largest absolute Gasteiger partial charge is 0.464 e. The maximum atomic E-state index is 12.6. The molecule has 0 aliphatic heterocycles. The number of unbranched alkanes of at least 4 members (excludes halogenated alkanes) is 30. The van der Waals surface area contributed by atoms with Crippen molar-refractivity contribution in [3.05, 3.63) is 0 Å². The number of aromatic nitrogens is 3. The van der Waals surface area contributed by atoms with Gasteiger partial charge in [-0.3, -0.25) is 0 Å². The van der Waals surface area contributed by atoms with E-state index in [-0.39, 0.29) is 29.8 Å². The van der Waals surface area contributed by atoms with Gasteiger partial charge in [-0.1, -0.05) is 206 Å². The molecule has 10 heteroatoms. The molecule has 10 nitrogen and oxygen atoms in total. The summed E-state index contributed by atoms with van der Waals surface area (Å²) in [6.45, 7) is 8.74. The van der Waals surface area contributed by atoms with E-state index >= 15 is 0 Å². The van der Waals surface area contributed by atoms with Crippen molar-refractivity contribution in [3.63, 3.8) is 0 Å². The predicted octanol–water partition coefficient (Wildman–Crippen LogP) is 12.7. The van der Waals surface area contributed by atoms with Crippen molar-refractivity contribution in [2.24, 2.45) is 0 Å². The van der Waals surface area contributed by atoms with Gasteiger partial charge < -0.3 is 25.8 Å². The summed E-state index contributed by atoms with van der Waals surface area (Å²) in [5.74, 6) is -0.505. The molecule has 0 spiro atoms. The van der Waals surface area contributed by atoms with E-state index in [0.29, 0.717) is 13.2 Å². The number of ether oxygens (including phenoxy) is 2. The van der Waals surface area contributed by atoms with Crippen molar-refractivity contribution in [3.8, 4) is 0 Å². The zero-order chi connectivity index (χ0) is 40.0. The molecule has 0 amide bonds. The third-order valence-electron chi connectivity index (χ3n) is 10.5. The number of nitrogens with two attached hydrogens (primary N) is 1. The van der Waals surface area contributed by atoms with E-state index in [2.05, 4.69) is 39.4 Å². The molecule has 0 radical (unpaired) electrons. The lowest BCUT2D eigenvalue weighted by molar-refractivity contribution is -0.145. The van der Waals surface area contributed by atoms with Gasteiger partial charge in [-0.25, -0.2) is 9.59 Å². The van der Waals surface area contributed by atoms with E-state index in [9.17, 15) is 9.59 Å². The van der Waals surface area contributed by atoms with Crippen LogP contribution in [0.4, 0.5) is 17.8 Å². The lowest BCUT2D eigenvalue weighted by Crippen LogP contribution is -2.31. The van der Waals surface area contributed by atoms with Crippen LogP contribution in [0.15, 0.2) is 0 Å². The number of nitrogens with zero attached hydrogens (tertiary/aromatic N) is 3. The van der Waals surface area contributed by atoms with Gasteiger partial charge in [-0.15, -0.1) is 0 Å². The van der Waals surface area contributed by atoms with E-state index in [1.54, 1.807) is 13.8 Å². The van der Waals surface area contributed by atoms with Gasteiger partial charge in [0.15, 0.2) is 0 Å². The topological polar surface area (TPSA) is 141 Å². The van der Waals surface area contributed by atoms with Crippen LogP contribution in [0.2, 0.25) is 0 Å². The second-order valence-electron chi connectivity index (χ2n) is 16.0. The van der Waals surface area contributed by atoms with Crippen molar-refractivity contribution >= 4 is 29.8 Å². The highest BCUT2D eigenvalue weighted by molar-refractivity contribution is 5.79. The molecule has 320 valence electrons. The van der Waals surface area contributed by atoms with Crippen molar-refractivity contribution in [1.82, 2.24) is 15.0 Å². The van der Waals surface area contributed by atoms with Crippen molar-refractivity contribution in [2.75, 3.05) is 29.6 Å². The molecule has 0 aliphatic rings. The zero-order valence-electron chi connectivity index (χ0n) is 36.2. The Labute approximate surface area is 337 Å². The summed E-state index contributed by atoms with van der Waals surface area (Å²) in [5.41, 5.74) is 5.90. The number of nitrogen functional groups attached to an aromatic ring is 1. The van der Waals surface area contributed by atoms with Crippen LogP contribution in [0.1, 0.15) is 233 Å². The van der Waals surface area contributed by atoms with Crippen LogP contribution in [0, 0.1) is 0 Å². The molecular formula is C45H86N6O4. The molecule has 0 saturated carbocycles.